The second-order valence-corrected chi connectivity index (χ2v) is 3.66. The van der Waals surface area contributed by atoms with Crippen LogP contribution in [0.15, 0.2) is 12.1 Å². The maximum atomic E-state index is 12.0. The maximum Gasteiger partial charge on any atom is 0.254 e. The molecule has 1 amide bonds. The number of amides is 1. The van der Waals surface area contributed by atoms with Gasteiger partial charge in [-0.2, -0.15) is 0 Å². The van der Waals surface area contributed by atoms with Crippen LogP contribution in [-0.4, -0.2) is 52.3 Å². The summed E-state index contributed by atoms with van der Waals surface area (Å²) in [7, 11) is 0. The molecule has 0 aliphatic rings. The molecule has 4 N–H and O–H groups in total. The van der Waals surface area contributed by atoms with Crippen molar-refractivity contribution >= 4 is 11.7 Å². The predicted molar refractivity (Wildman–Crippen MR) is 63.5 cm³/mol. The van der Waals surface area contributed by atoms with E-state index in [4.69, 9.17) is 15.9 Å². The molecule has 0 spiro atoms. The van der Waals surface area contributed by atoms with Crippen molar-refractivity contribution in [3.63, 3.8) is 0 Å². The summed E-state index contributed by atoms with van der Waals surface area (Å²) in [5.41, 5.74) is 6.63. The molecule has 6 nitrogen and oxygen atoms in total. The Morgan fingerprint density at radius 3 is 2.41 bits per heavy atom. The van der Waals surface area contributed by atoms with Gasteiger partial charge < -0.3 is 20.8 Å². The van der Waals surface area contributed by atoms with E-state index in [2.05, 4.69) is 4.98 Å². The topological polar surface area (TPSA) is 99.7 Å². The third kappa shape index (κ3) is 3.69. The Balaban J connectivity index is 2.92. The summed E-state index contributed by atoms with van der Waals surface area (Å²) < 4.78 is 0. The van der Waals surface area contributed by atoms with Gasteiger partial charge in [0.1, 0.15) is 5.82 Å². The zero-order valence-electron chi connectivity index (χ0n) is 9.76. The highest BCUT2D eigenvalue weighted by molar-refractivity contribution is 5.95. The van der Waals surface area contributed by atoms with Gasteiger partial charge in [-0.15, -0.1) is 0 Å². The molecule has 1 heterocycles. The SMILES string of the molecule is Cc1cc(C(=O)N(CCO)CCO)cc(N)n1. The van der Waals surface area contributed by atoms with Gasteiger partial charge >= 0.3 is 0 Å². The molecule has 0 saturated carbocycles. The summed E-state index contributed by atoms with van der Waals surface area (Å²) in [6.07, 6.45) is 0. The van der Waals surface area contributed by atoms with Gasteiger partial charge in [0.25, 0.3) is 5.91 Å². The third-order valence-electron chi connectivity index (χ3n) is 2.25. The Morgan fingerprint density at radius 1 is 1.35 bits per heavy atom. The summed E-state index contributed by atoms with van der Waals surface area (Å²) >= 11 is 0. The number of aliphatic hydroxyl groups excluding tert-OH is 2. The second-order valence-electron chi connectivity index (χ2n) is 3.66. The number of aromatic nitrogens is 1. The Bertz CT molecular complexity index is 369. The zero-order chi connectivity index (χ0) is 12.8. The number of nitrogen functional groups attached to an aromatic ring is 1. The Hall–Kier alpha value is -1.66. The quantitative estimate of drug-likeness (QED) is 0.637. The molecule has 6 heteroatoms. The van der Waals surface area contributed by atoms with Crippen LogP contribution in [0.25, 0.3) is 0 Å². The van der Waals surface area contributed by atoms with E-state index in [0.717, 1.165) is 0 Å². The average Bonchev–Trinajstić information content (AvgIpc) is 2.26. The van der Waals surface area contributed by atoms with E-state index >= 15 is 0 Å². The lowest BCUT2D eigenvalue weighted by molar-refractivity contribution is 0.0684. The number of hydrogen-bond donors (Lipinski definition) is 3. The fourth-order valence-electron chi connectivity index (χ4n) is 1.56. The van der Waals surface area contributed by atoms with Gasteiger partial charge in [0.15, 0.2) is 0 Å². The Morgan fingerprint density at radius 2 is 1.94 bits per heavy atom. The van der Waals surface area contributed by atoms with E-state index in [1.807, 2.05) is 0 Å². The van der Waals surface area contributed by atoms with Crippen LogP contribution in [0.5, 0.6) is 0 Å². The third-order valence-corrected chi connectivity index (χ3v) is 2.25. The van der Waals surface area contributed by atoms with Crippen LogP contribution in [0.3, 0.4) is 0 Å². The molecule has 0 radical (unpaired) electrons. The highest BCUT2D eigenvalue weighted by Gasteiger charge is 2.15. The molecule has 17 heavy (non-hydrogen) atoms. The van der Waals surface area contributed by atoms with E-state index in [-0.39, 0.29) is 38.0 Å². The highest BCUT2D eigenvalue weighted by atomic mass is 16.3. The minimum absolute atomic E-state index is 0.148. The van der Waals surface area contributed by atoms with Crippen molar-refractivity contribution in [1.82, 2.24) is 9.88 Å². The molecule has 0 aliphatic heterocycles. The predicted octanol–water partition coefficient (Wildman–Crippen LogP) is -0.601. The Kier molecular flexibility index (Phi) is 4.86. The van der Waals surface area contributed by atoms with Crippen molar-refractivity contribution < 1.29 is 15.0 Å². The summed E-state index contributed by atoms with van der Waals surface area (Å²) in [4.78, 5) is 17.4. The lowest BCUT2D eigenvalue weighted by atomic mass is 10.2. The molecule has 0 aromatic carbocycles. The van der Waals surface area contributed by atoms with Crippen molar-refractivity contribution in [2.45, 2.75) is 6.92 Å². The fourth-order valence-corrected chi connectivity index (χ4v) is 1.56. The van der Waals surface area contributed by atoms with Gasteiger partial charge in [0.05, 0.1) is 13.2 Å². The molecule has 94 valence electrons. The lowest BCUT2D eigenvalue weighted by Gasteiger charge is -2.20. The molecule has 0 bridgehead atoms. The number of pyridine rings is 1. The van der Waals surface area contributed by atoms with E-state index in [1.165, 1.54) is 11.0 Å². The normalized spacial score (nSPS) is 10.3. The molecule has 0 saturated heterocycles. The van der Waals surface area contributed by atoms with Crippen LogP contribution in [0.2, 0.25) is 0 Å². The fraction of sp³-hybridized carbons (Fsp3) is 0.455. The summed E-state index contributed by atoms with van der Waals surface area (Å²) in [5, 5.41) is 17.7. The number of hydrogen-bond acceptors (Lipinski definition) is 5. The number of carbonyl (C=O) groups is 1. The van der Waals surface area contributed by atoms with Gasteiger partial charge in [-0.3, -0.25) is 4.79 Å². The molecule has 0 fully saturated rings. The second kappa shape index (κ2) is 6.17. The van der Waals surface area contributed by atoms with Crippen LogP contribution in [-0.2, 0) is 0 Å². The molecule has 0 unspecified atom stereocenters. The monoisotopic (exact) mass is 239 g/mol. The first kappa shape index (κ1) is 13.4. The van der Waals surface area contributed by atoms with Crippen molar-refractivity contribution in [3.05, 3.63) is 23.4 Å². The standard InChI is InChI=1S/C11H17N3O3/c1-8-6-9(7-10(12)13-8)11(17)14(2-4-15)3-5-16/h6-7,15-16H,2-5H2,1H3,(H2,12,13). The van der Waals surface area contributed by atoms with Gasteiger partial charge in [-0.05, 0) is 19.1 Å². The first-order valence-electron chi connectivity index (χ1n) is 5.33. The average molecular weight is 239 g/mol. The Labute approximate surface area is 99.7 Å². The number of carbonyl (C=O) groups excluding carboxylic acids is 1. The molecule has 1 aromatic rings. The van der Waals surface area contributed by atoms with Gasteiger partial charge in [0.2, 0.25) is 0 Å². The van der Waals surface area contributed by atoms with E-state index in [9.17, 15) is 4.79 Å². The lowest BCUT2D eigenvalue weighted by Crippen LogP contribution is -2.36. The smallest absolute Gasteiger partial charge is 0.254 e. The molecular formula is C11H17N3O3. The molecule has 0 aliphatic carbocycles. The van der Waals surface area contributed by atoms with Crippen LogP contribution < -0.4 is 5.73 Å². The van der Waals surface area contributed by atoms with E-state index < -0.39 is 0 Å². The molecule has 0 atom stereocenters. The number of aliphatic hydroxyl groups is 2. The van der Waals surface area contributed by atoms with Gasteiger partial charge in [-0.25, -0.2) is 4.98 Å². The largest absolute Gasteiger partial charge is 0.395 e. The number of rotatable bonds is 5. The highest BCUT2D eigenvalue weighted by Crippen LogP contribution is 2.10. The number of anilines is 1. The zero-order valence-corrected chi connectivity index (χ0v) is 9.76. The number of nitrogens with zero attached hydrogens (tertiary/aromatic N) is 2. The maximum absolute atomic E-state index is 12.0. The molecule has 1 aromatic heterocycles. The van der Waals surface area contributed by atoms with E-state index in [0.29, 0.717) is 11.3 Å². The van der Waals surface area contributed by atoms with Crippen LogP contribution >= 0.6 is 0 Å². The van der Waals surface area contributed by atoms with Gasteiger partial charge in [-0.1, -0.05) is 0 Å². The first-order chi connectivity index (χ1) is 8.08. The van der Waals surface area contributed by atoms with Crippen molar-refractivity contribution in [3.8, 4) is 0 Å². The molecule has 1 rings (SSSR count). The van der Waals surface area contributed by atoms with E-state index in [1.54, 1.807) is 13.0 Å². The minimum Gasteiger partial charge on any atom is -0.395 e. The summed E-state index contributed by atoms with van der Waals surface area (Å²) in [6.45, 7) is 1.81. The van der Waals surface area contributed by atoms with Crippen molar-refractivity contribution in [2.24, 2.45) is 0 Å². The van der Waals surface area contributed by atoms with Crippen molar-refractivity contribution in [2.75, 3.05) is 32.0 Å². The van der Waals surface area contributed by atoms with Gasteiger partial charge in [0, 0.05) is 24.3 Å². The van der Waals surface area contributed by atoms with Crippen LogP contribution in [0.1, 0.15) is 16.1 Å². The minimum atomic E-state index is -0.273. The number of aryl methyl sites for hydroxylation is 1. The van der Waals surface area contributed by atoms with Crippen LogP contribution in [0.4, 0.5) is 5.82 Å². The first-order valence-corrected chi connectivity index (χ1v) is 5.33. The summed E-state index contributed by atoms with van der Waals surface area (Å²) in [5.74, 6) is 0.00611. The van der Waals surface area contributed by atoms with Crippen LogP contribution in [0, 0.1) is 6.92 Å². The molecular weight excluding hydrogens is 222 g/mol. The van der Waals surface area contributed by atoms with Crippen molar-refractivity contribution in [1.29, 1.82) is 0 Å². The summed E-state index contributed by atoms with van der Waals surface area (Å²) in [6, 6.07) is 3.11. The number of nitrogens with two attached hydrogens (primary N) is 1.